The van der Waals surface area contributed by atoms with Crippen molar-refractivity contribution in [3.05, 3.63) is 41.0 Å². The first-order valence-corrected chi connectivity index (χ1v) is 6.03. The van der Waals surface area contributed by atoms with Gasteiger partial charge in [0.15, 0.2) is 0 Å². The summed E-state index contributed by atoms with van der Waals surface area (Å²) in [4.78, 5) is 10.6. The van der Waals surface area contributed by atoms with Crippen molar-refractivity contribution in [2.75, 3.05) is 0 Å². The molecule has 1 N–H and O–H groups in total. The lowest BCUT2D eigenvalue weighted by molar-refractivity contribution is -0.135. The summed E-state index contributed by atoms with van der Waals surface area (Å²) in [5, 5.41) is 8.76. The number of hydrogen-bond acceptors (Lipinski definition) is 1. The molecule has 0 spiro atoms. The number of allylic oxidation sites excluding steroid dienone is 1. The quantitative estimate of drug-likeness (QED) is 0.834. The van der Waals surface area contributed by atoms with Gasteiger partial charge in [-0.3, -0.25) is 4.79 Å². The second kappa shape index (κ2) is 6.24. The van der Waals surface area contributed by atoms with Crippen LogP contribution in [0.2, 0.25) is 0 Å². The van der Waals surface area contributed by atoms with E-state index in [-0.39, 0.29) is 6.42 Å². The van der Waals surface area contributed by atoms with Crippen molar-refractivity contribution in [1.29, 1.82) is 0 Å². The molecule has 0 unspecified atom stereocenters. The maximum Gasteiger partial charge on any atom is 0.307 e. The van der Waals surface area contributed by atoms with Crippen LogP contribution in [0.1, 0.15) is 42.9 Å². The fourth-order valence-electron chi connectivity index (χ4n) is 1.91. The zero-order valence-corrected chi connectivity index (χ0v) is 10.8. The molecule has 0 fully saturated rings. The molecule has 0 heterocycles. The Morgan fingerprint density at radius 3 is 2.65 bits per heavy atom. The van der Waals surface area contributed by atoms with Crippen LogP contribution in [-0.4, -0.2) is 11.1 Å². The van der Waals surface area contributed by atoms with Crippen molar-refractivity contribution in [2.24, 2.45) is 0 Å². The van der Waals surface area contributed by atoms with Crippen LogP contribution in [0.4, 0.5) is 0 Å². The highest BCUT2D eigenvalue weighted by Gasteiger charge is 2.05. The SMILES string of the molecule is CCC/C(=C\CC(=O)O)c1cc(C)ccc1C. The van der Waals surface area contributed by atoms with Crippen LogP contribution in [0.3, 0.4) is 0 Å². The van der Waals surface area contributed by atoms with E-state index in [2.05, 4.69) is 39.0 Å². The van der Waals surface area contributed by atoms with E-state index in [1.54, 1.807) is 0 Å². The molecule has 17 heavy (non-hydrogen) atoms. The van der Waals surface area contributed by atoms with Gasteiger partial charge in [0.05, 0.1) is 6.42 Å². The molecular formula is C15H20O2. The van der Waals surface area contributed by atoms with Crippen LogP contribution < -0.4 is 0 Å². The summed E-state index contributed by atoms with van der Waals surface area (Å²) in [5.74, 6) is -0.774. The van der Waals surface area contributed by atoms with Gasteiger partial charge in [0.25, 0.3) is 0 Å². The number of carboxylic acid groups (broad SMARTS) is 1. The third-order valence-corrected chi connectivity index (χ3v) is 2.78. The summed E-state index contributed by atoms with van der Waals surface area (Å²) in [6, 6.07) is 6.31. The third kappa shape index (κ3) is 4.06. The molecule has 0 aliphatic heterocycles. The maximum absolute atomic E-state index is 10.6. The Kier molecular flexibility index (Phi) is 4.95. The van der Waals surface area contributed by atoms with Crippen LogP contribution in [-0.2, 0) is 4.79 Å². The summed E-state index contributed by atoms with van der Waals surface area (Å²) in [6.07, 6.45) is 3.90. The van der Waals surface area contributed by atoms with Crippen LogP contribution in [0.5, 0.6) is 0 Å². The number of aliphatic carboxylic acids is 1. The predicted octanol–water partition coefficient (Wildman–Crippen LogP) is 3.96. The molecule has 1 aromatic carbocycles. The molecule has 0 radical (unpaired) electrons. The highest BCUT2D eigenvalue weighted by Crippen LogP contribution is 2.24. The summed E-state index contributed by atoms with van der Waals surface area (Å²) in [5.41, 5.74) is 4.76. The van der Waals surface area contributed by atoms with Crippen molar-refractivity contribution in [3.8, 4) is 0 Å². The largest absolute Gasteiger partial charge is 0.481 e. The molecule has 1 aromatic rings. The van der Waals surface area contributed by atoms with E-state index in [9.17, 15) is 4.79 Å². The number of aryl methyl sites for hydroxylation is 2. The predicted molar refractivity (Wildman–Crippen MR) is 71.1 cm³/mol. The van der Waals surface area contributed by atoms with Gasteiger partial charge in [-0.25, -0.2) is 0 Å². The number of carbonyl (C=O) groups is 1. The lowest BCUT2D eigenvalue weighted by atomic mass is 9.94. The van der Waals surface area contributed by atoms with Crippen molar-refractivity contribution in [3.63, 3.8) is 0 Å². The molecule has 0 aromatic heterocycles. The monoisotopic (exact) mass is 232 g/mol. The minimum absolute atomic E-state index is 0.0999. The van der Waals surface area contributed by atoms with Gasteiger partial charge in [0, 0.05) is 0 Å². The van der Waals surface area contributed by atoms with Crippen molar-refractivity contribution >= 4 is 11.5 Å². The van der Waals surface area contributed by atoms with Crippen LogP contribution in [0.25, 0.3) is 5.57 Å². The van der Waals surface area contributed by atoms with E-state index in [1.807, 2.05) is 6.08 Å². The lowest BCUT2D eigenvalue weighted by Crippen LogP contribution is -1.95. The lowest BCUT2D eigenvalue weighted by Gasteiger charge is -2.11. The second-order valence-corrected chi connectivity index (χ2v) is 4.40. The zero-order valence-electron chi connectivity index (χ0n) is 10.8. The topological polar surface area (TPSA) is 37.3 Å². The Labute approximate surface area is 103 Å². The molecule has 1 rings (SSSR count). The van der Waals surface area contributed by atoms with Gasteiger partial charge >= 0.3 is 5.97 Å². The number of benzene rings is 1. The molecule has 0 aliphatic carbocycles. The fraction of sp³-hybridized carbons (Fsp3) is 0.400. The van der Waals surface area contributed by atoms with E-state index in [0.29, 0.717) is 0 Å². The molecule has 0 saturated carbocycles. The van der Waals surface area contributed by atoms with Gasteiger partial charge in [-0.15, -0.1) is 0 Å². The van der Waals surface area contributed by atoms with E-state index >= 15 is 0 Å². The highest BCUT2D eigenvalue weighted by molar-refractivity contribution is 5.75. The molecule has 0 aliphatic rings. The standard InChI is InChI=1S/C15H20O2/c1-4-5-13(8-9-15(16)17)14-10-11(2)6-7-12(14)3/h6-8,10H,4-5,9H2,1-3H3,(H,16,17)/b13-8+. The molecular weight excluding hydrogens is 212 g/mol. The van der Waals surface area contributed by atoms with E-state index in [0.717, 1.165) is 18.4 Å². The van der Waals surface area contributed by atoms with Crippen molar-refractivity contribution in [1.82, 2.24) is 0 Å². The Morgan fingerprint density at radius 2 is 2.06 bits per heavy atom. The van der Waals surface area contributed by atoms with Crippen LogP contribution >= 0.6 is 0 Å². The van der Waals surface area contributed by atoms with E-state index in [4.69, 9.17) is 5.11 Å². The number of carboxylic acids is 1. The number of rotatable bonds is 5. The molecule has 0 saturated heterocycles. The summed E-state index contributed by atoms with van der Waals surface area (Å²) >= 11 is 0. The summed E-state index contributed by atoms with van der Waals surface area (Å²) in [7, 11) is 0. The Bertz CT molecular complexity index is 431. The molecule has 2 nitrogen and oxygen atoms in total. The van der Waals surface area contributed by atoms with Gasteiger partial charge in [-0.1, -0.05) is 43.2 Å². The van der Waals surface area contributed by atoms with E-state index < -0.39 is 5.97 Å². The Balaban J connectivity index is 3.08. The highest BCUT2D eigenvalue weighted by atomic mass is 16.4. The smallest absolute Gasteiger partial charge is 0.307 e. The average Bonchev–Trinajstić information content (AvgIpc) is 2.27. The molecule has 2 heteroatoms. The number of hydrogen-bond donors (Lipinski definition) is 1. The zero-order chi connectivity index (χ0) is 12.8. The first kappa shape index (κ1) is 13.5. The van der Waals surface area contributed by atoms with Crippen LogP contribution in [0.15, 0.2) is 24.3 Å². The van der Waals surface area contributed by atoms with Gasteiger partial charge in [-0.05, 0) is 37.0 Å². The summed E-state index contributed by atoms with van der Waals surface area (Å²) in [6.45, 7) is 6.24. The second-order valence-electron chi connectivity index (χ2n) is 4.40. The molecule has 0 atom stereocenters. The summed E-state index contributed by atoms with van der Waals surface area (Å²) < 4.78 is 0. The normalized spacial score (nSPS) is 11.6. The van der Waals surface area contributed by atoms with Crippen molar-refractivity contribution < 1.29 is 9.90 Å². The van der Waals surface area contributed by atoms with Crippen molar-refractivity contribution in [2.45, 2.75) is 40.0 Å². The van der Waals surface area contributed by atoms with E-state index in [1.165, 1.54) is 16.7 Å². The molecule has 92 valence electrons. The maximum atomic E-state index is 10.6. The van der Waals surface area contributed by atoms with Gasteiger partial charge in [-0.2, -0.15) is 0 Å². The first-order chi connectivity index (χ1) is 8.04. The van der Waals surface area contributed by atoms with Crippen LogP contribution in [0, 0.1) is 13.8 Å². The molecule has 0 amide bonds. The Hall–Kier alpha value is -1.57. The Morgan fingerprint density at radius 1 is 1.35 bits per heavy atom. The van der Waals surface area contributed by atoms with Gasteiger partial charge < -0.3 is 5.11 Å². The third-order valence-electron chi connectivity index (χ3n) is 2.78. The fourth-order valence-corrected chi connectivity index (χ4v) is 1.91. The van der Waals surface area contributed by atoms with Gasteiger partial charge in [0.1, 0.15) is 0 Å². The van der Waals surface area contributed by atoms with Gasteiger partial charge in [0.2, 0.25) is 0 Å². The minimum Gasteiger partial charge on any atom is -0.481 e. The molecule has 0 bridgehead atoms. The minimum atomic E-state index is -0.774. The first-order valence-electron chi connectivity index (χ1n) is 6.03. The average molecular weight is 232 g/mol.